The SMILES string of the molecule is CSc1ccccc1C(=O)c1ccccc1OC(F)(F)F. The number of thioether (sulfide) groups is 1. The normalized spacial score (nSPS) is 11.2. The van der Waals surface area contributed by atoms with Crippen molar-refractivity contribution in [3.05, 3.63) is 59.7 Å². The van der Waals surface area contributed by atoms with Crippen LogP contribution < -0.4 is 4.74 Å². The fourth-order valence-electron chi connectivity index (χ4n) is 1.85. The average Bonchev–Trinajstić information content (AvgIpc) is 2.45. The van der Waals surface area contributed by atoms with Crippen molar-refractivity contribution in [2.24, 2.45) is 0 Å². The number of hydrogen-bond donors (Lipinski definition) is 0. The third-order valence-corrected chi connectivity index (χ3v) is 3.50. The molecule has 0 aliphatic rings. The lowest BCUT2D eigenvalue weighted by molar-refractivity contribution is -0.274. The number of carbonyl (C=O) groups is 1. The predicted octanol–water partition coefficient (Wildman–Crippen LogP) is 4.54. The minimum atomic E-state index is -4.84. The molecule has 2 aromatic carbocycles. The molecule has 0 aliphatic carbocycles. The van der Waals surface area contributed by atoms with Gasteiger partial charge in [0.2, 0.25) is 0 Å². The van der Waals surface area contributed by atoms with Gasteiger partial charge in [-0.3, -0.25) is 4.79 Å². The van der Waals surface area contributed by atoms with Gasteiger partial charge in [0.25, 0.3) is 0 Å². The van der Waals surface area contributed by atoms with Crippen molar-refractivity contribution in [3.8, 4) is 5.75 Å². The van der Waals surface area contributed by atoms with Crippen LogP contribution in [0.25, 0.3) is 0 Å². The molecule has 0 unspecified atom stereocenters. The van der Waals surface area contributed by atoms with Crippen LogP contribution in [0.4, 0.5) is 13.2 Å². The first kappa shape index (κ1) is 15.4. The second kappa shape index (κ2) is 6.22. The third kappa shape index (κ3) is 3.78. The highest BCUT2D eigenvalue weighted by Crippen LogP contribution is 2.30. The highest BCUT2D eigenvalue weighted by molar-refractivity contribution is 7.98. The number of hydrogen-bond acceptors (Lipinski definition) is 3. The highest BCUT2D eigenvalue weighted by Gasteiger charge is 2.33. The third-order valence-electron chi connectivity index (χ3n) is 2.71. The second-order valence-corrected chi connectivity index (χ2v) is 4.92. The Balaban J connectivity index is 2.44. The van der Waals surface area contributed by atoms with E-state index in [9.17, 15) is 18.0 Å². The van der Waals surface area contributed by atoms with Gasteiger partial charge in [-0.25, -0.2) is 0 Å². The summed E-state index contributed by atoms with van der Waals surface area (Å²) in [5, 5.41) is 0. The van der Waals surface area contributed by atoms with Crippen molar-refractivity contribution in [2.45, 2.75) is 11.3 Å². The van der Waals surface area contributed by atoms with E-state index in [2.05, 4.69) is 4.74 Å². The fraction of sp³-hybridized carbons (Fsp3) is 0.133. The van der Waals surface area contributed by atoms with Gasteiger partial charge in [0, 0.05) is 10.5 Å². The van der Waals surface area contributed by atoms with Crippen molar-refractivity contribution in [2.75, 3.05) is 6.26 Å². The Morgan fingerprint density at radius 3 is 2.19 bits per heavy atom. The molecule has 0 amide bonds. The Hall–Kier alpha value is -1.95. The molecule has 2 rings (SSSR count). The Morgan fingerprint density at radius 1 is 1.00 bits per heavy atom. The minimum Gasteiger partial charge on any atom is -0.405 e. The van der Waals surface area contributed by atoms with Crippen molar-refractivity contribution in [1.29, 1.82) is 0 Å². The molecule has 0 radical (unpaired) electrons. The minimum absolute atomic E-state index is 0.115. The molecule has 21 heavy (non-hydrogen) atoms. The number of para-hydroxylation sites is 1. The van der Waals surface area contributed by atoms with Crippen LogP contribution in [0.2, 0.25) is 0 Å². The largest absolute Gasteiger partial charge is 0.573 e. The van der Waals surface area contributed by atoms with Gasteiger partial charge in [-0.15, -0.1) is 24.9 Å². The summed E-state index contributed by atoms with van der Waals surface area (Å²) in [6, 6.07) is 12.1. The number of ketones is 1. The van der Waals surface area contributed by atoms with Crippen LogP contribution >= 0.6 is 11.8 Å². The van der Waals surface area contributed by atoms with Gasteiger partial charge in [0.05, 0.1) is 5.56 Å². The van der Waals surface area contributed by atoms with Crippen molar-refractivity contribution >= 4 is 17.5 Å². The van der Waals surface area contributed by atoms with Gasteiger partial charge in [0.1, 0.15) is 5.75 Å². The summed E-state index contributed by atoms with van der Waals surface area (Å²) in [5.74, 6) is -0.995. The van der Waals surface area contributed by atoms with E-state index >= 15 is 0 Å². The molecule has 0 saturated carbocycles. The number of carbonyl (C=O) groups excluding carboxylic acids is 1. The van der Waals surface area contributed by atoms with Crippen LogP contribution in [0.15, 0.2) is 53.4 Å². The van der Waals surface area contributed by atoms with Crippen LogP contribution in [-0.4, -0.2) is 18.4 Å². The molecule has 0 aromatic heterocycles. The molecule has 0 N–H and O–H groups in total. The Kier molecular flexibility index (Phi) is 4.57. The van der Waals surface area contributed by atoms with Crippen molar-refractivity contribution in [3.63, 3.8) is 0 Å². The van der Waals surface area contributed by atoms with E-state index in [4.69, 9.17) is 0 Å². The smallest absolute Gasteiger partial charge is 0.405 e. The molecule has 0 atom stereocenters. The maximum atomic E-state index is 12.5. The van der Waals surface area contributed by atoms with Crippen molar-refractivity contribution in [1.82, 2.24) is 0 Å². The Morgan fingerprint density at radius 2 is 1.57 bits per heavy atom. The fourth-order valence-corrected chi connectivity index (χ4v) is 2.44. The molecular weight excluding hydrogens is 301 g/mol. The van der Waals surface area contributed by atoms with Gasteiger partial charge < -0.3 is 4.74 Å². The zero-order valence-electron chi connectivity index (χ0n) is 11.0. The molecule has 2 aromatic rings. The lowest BCUT2D eigenvalue weighted by Crippen LogP contribution is -2.19. The molecule has 0 spiro atoms. The molecule has 0 fully saturated rings. The quantitative estimate of drug-likeness (QED) is 0.612. The summed E-state index contributed by atoms with van der Waals surface area (Å²) >= 11 is 1.35. The predicted molar refractivity (Wildman–Crippen MR) is 74.8 cm³/mol. The molecule has 0 bridgehead atoms. The van der Waals surface area contributed by atoms with E-state index in [1.165, 1.54) is 30.0 Å². The van der Waals surface area contributed by atoms with E-state index in [-0.39, 0.29) is 5.56 Å². The molecule has 2 nitrogen and oxygen atoms in total. The molecule has 0 aliphatic heterocycles. The van der Waals surface area contributed by atoms with E-state index in [1.54, 1.807) is 30.5 Å². The van der Waals surface area contributed by atoms with Gasteiger partial charge in [-0.1, -0.05) is 24.3 Å². The Bertz CT molecular complexity index is 653. The monoisotopic (exact) mass is 312 g/mol. The van der Waals surface area contributed by atoms with Gasteiger partial charge in [-0.05, 0) is 30.5 Å². The maximum Gasteiger partial charge on any atom is 0.573 e. The number of ether oxygens (including phenoxy) is 1. The number of rotatable bonds is 4. The molecular formula is C15H11F3O2S. The van der Waals surface area contributed by atoms with E-state index in [0.29, 0.717) is 10.5 Å². The van der Waals surface area contributed by atoms with E-state index in [1.807, 2.05) is 0 Å². The van der Waals surface area contributed by atoms with Crippen LogP contribution in [0.1, 0.15) is 15.9 Å². The highest BCUT2D eigenvalue weighted by atomic mass is 32.2. The molecule has 6 heteroatoms. The maximum absolute atomic E-state index is 12.5. The zero-order valence-corrected chi connectivity index (χ0v) is 11.8. The lowest BCUT2D eigenvalue weighted by Gasteiger charge is -2.13. The zero-order chi connectivity index (χ0) is 15.5. The van der Waals surface area contributed by atoms with E-state index in [0.717, 1.165) is 6.07 Å². The molecule has 0 saturated heterocycles. The Labute approximate surface area is 123 Å². The first-order valence-electron chi connectivity index (χ1n) is 5.95. The summed E-state index contributed by atoms with van der Waals surface area (Å²) in [4.78, 5) is 13.2. The van der Waals surface area contributed by atoms with Crippen LogP contribution in [0.3, 0.4) is 0 Å². The number of alkyl halides is 3. The average molecular weight is 312 g/mol. The lowest BCUT2D eigenvalue weighted by atomic mass is 10.0. The summed E-state index contributed by atoms with van der Waals surface area (Å²) in [5.41, 5.74) is 0.236. The second-order valence-electron chi connectivity index (χ2n) is 4.07. The van der Waals surface area contributed by atoms with Crippen LogP contribution in [0.5, 0.6) is 5.75 Å². The number of halogens is 3. The van der Waals surface area contributed by atoms with Gasteiger partial charge in [-0.2, -0.15) is 0 Å². The summed E-state index contributed by atoms with van der Waals surface area (Å²) in [7, 11) is 0. The van der Waals surface area contributed by atoms with E-state index < -0.39 is 17.9 Å². The first-order valence-corrected chi connectivity index (χ1v) is 7.17. The number of benzene rings is 2. The van der Waals surface area contributed by atoms with Crippen LogP contribution in [0, 0.1) is 0 Å². The summed E-state index contributed by atoms with van der Waals surface area (Å²) in [6.45, 7) is 0. The van der Waals surface area contributed by atoms with Gasteiger partial charge in [0.15, 0.2) is 5.78 Å². The van der Waals surface area contributed by atoms with Crippen LogP contribution in [-0.2, 0) is 0 Å². The topological polar surface area (TPSA) is 26.3 Å². The standard InChI is InChI=1S/C15H11F3O2S/c1-21-13-9-5-3-7-11(13)14(19)10-6-2-4-8-12(10)20-15(16,17)18/h2-9H,1H3. The summed E-state index contributed by atoms with van der Waals surface area (Å²) in [6.07, 6.45) is -3.04. The first-order chi connectivity index (χ1) is 9.92. The van der Waals surface area contributed by atoms with Gasteiger partial charge >= 0.3 is 6.36 Å². The van der Waals surface area contributed by atoms with Crippen molar-refractivity contribution < 1.29 is 22.7 Å². The summed E-state index contributed by atoms with van der Waals surface area (Å²) < 4.78 is 41.1. The molecule has 110 valence electrons. The molecule has 0 heterocycles.